The smallest absolute Gasteiger partial charge is 0.300 e. The molecule has 0 aromatic rings. The molecule has 0 radical (unpaired) electrons. The highest BCUT2D eigenvalue weighted by Crippen LogP contribution is 1.95. The number of aliphatic carboxylic acids is 1. The molecule has 0 aliphatic carbocycles. The summed E-state index contributed by atoms with van der Waals surface area (Å²) < 4.78 is 0. The number of rotatable bonds is 6. The van der Waals surface area contributed by atoms with Gasteiger partial charge in [-0.3, -0.25) is 4.79 Å². The van der Waals surface area contributed by atoms with Gasteiger partial charge in [-0.05, 0) is 0 Å². The van der Waals surface area contributed by atoms with Crippen molar-refractivity contribution < 1.29 is 15.4 Å². The third-order valence-corrected chi connectivity index (χ3v) is 1.91. The monoisotopic (exact) mass is 250 g/mol. The van der Waals surface area contributed by atoms with E-state index in [0.717, 1.165) is 6.92 Å². The van der Waals surface area contributed by atoms with Crippen LogP contribution in [-0.2, 0) is 4.79 Å². The molecule has 0 bridgehead atoms. The lowest BCUT2D eigenvalue weighted by atomic mass is 10.2. The molecule has 3 nitrogen and oxygen atoms in total. The summed E-state index contributed by atoms with van der Waals surface area (Å²) in [6.07, 6.45) is 11.1. The Labute approximate surface area is 108 Å². The van der Waals surface area contributed by atoms with Crippen LogP contribution in [0, 0.1) is 0 Å². The van der Waals surface area contributed by atoms with Crippen molar-refractivity contribution >= 4 is 5.97 Å². The second kappa shape index (κ2) is 29.5. The molecule has 108 valence electrons. The number of hydrogen-bond donors (Lipinski definition) is 1. The van der Waals surface area contributed by atoms with Gasteiger partial charge in [-0.15, -0.1) is 0 Å². The summed E-state index contributed by atoms with van der Waals surface area (Å²) in [6, 6.07) is 0. The minimum absolute atomic E-state index is 0. The molecule has 3 N–H and O–H groups in total. The van der Waals surface area contributed by atoms with Gasteiger partial charge in [0.1, 0.15) is 0 Å². The molecule has 17 heavy (non-hydrogen) atoms. The van der Waals surface area contributed by atoms with E-state index in [4.69, 9.17) is 9.90 Å². The third-order valence-electron chi connectivity index (χ3n) is 1.91. The van der Waals surface area contributed by atoms with Crippen molar-refractivity contribution in [2.45, 2.75) is 86.0 Å². The summed E-state index contributed by atoms with van der Waals surface area (Å²) in [5.41, 5.74) is 0. The van der Waals surface area contributed by atoms with Gasteiger partial charge >= 0.3 is 0 Å². The SMILES string of the molecule is CC(=O)O.CCCCCC.CCCCCC.O. The molecule has 0 unspecified atom stereocenters. The van der Waals surface area contributed by atoms with Crippen LogP contribution < -0.4 is 0 Å². The van der Waals surface area contributed by atoms with Crippen molar-refractivity contribution in [3.8, 4) is 0 Å². The minimum Gasteiger partial charge on any atom is -0.481 e. The first-order chi connectivity index (χ1) is 7.56. The van der Waals surface area contributed by atoms with Crippen LogP contribution in [0.2, 0.25) is 0 Å². The fourth-order valence-corrected chi connectivity index (χ4v) is 1.000. The number of unbranched alkanes of at least 4 members (excludes halogenated alkanes) is 6. The molecule has 0 rings (SSSR count). The van der Waals surface area contributed by atoms with Crippen LogP contribution in [-0.4, -0.2) is 16.6 Å². The maximum atomic E-state index is 9.00. The molecule has 0 aliphatic heterocycles. The van der Waals surface area contributed by atoms with Gasteiger partial charge in [-0.2, -0.15) is 0 Å². The van der Waals surface area contributed by atoms with E-state index in [1.54, 1.807) is 0 Å². The first-order valence-electron chi connectivity index (χ1n) is 6.76. The van der Waals surface area contributed by atoms with Gasteiger partial charge in [0.15, 0.2) is 0 Å². The highest BCUT2D eigenvalue weighted by Gasteiger charge is 1.75. The van der Waals surface area contributed by atoms with Crippen molar-refractivity contribution in [1.29, 1.82) is 0 Å². The molecular formula is C14H34O3. The zero-order chi connectivity index (χ0) is 13.2. The quantitative estimate of drug-likeness (QED) is 0.708. The standard InChI is InChI=1S/2C6H14.C2H4O2.H2O/c2*1-3-5-6-4-2;1-2(3)4;/h2*3-6H2,1-2H3;1H3,(H,3,4);1H2. The number of carboxylic acid groups (broad SMARTS) is 1. The van der Waals surface area contributed by atoms with Gasteiger partial charge in [0.05, 0.1) is 0 Å². The van der Waals surface area contributed by atoms with E-state index in [1.165, 1.54) is 51.4 Å². The second-order valence-electron chi connectivity index (χ2n) is 3.93. The average Bonchev–Trinajstić information content (AvgIpc) is 2.23. The van der Waals surface area contributed by atoms with Crippen LogP contribution >= 0.6 is 0 Å². The maximum Gasteiger partial charge on any atom is 0.300 e. The molecule has 0 spiro atoms. The van der Waals surface area contributed by atoms with E-state index < -0.39 is 5.97 Å². The van der Waals surface area contributed by atoms with Crippen molar-refractivity contribution in [2.24, 2.45) is 0 Å². The van der Waals surface area contributed by atoms with Crippen LogP contribution in [0.3, 0.4) is 0 Å². The largest absolute Gasteiger partial charge is 0.481 e. The van der Waals surface area contributed by atoms with Crippen LogP contribution in [0.1, 0.15) is 86.0 Å². The molecule has 0 amide bonds. The van der Waals surface area contributed by atoms with Crippen molar-refractivity contribution in [2.75, 3.05) is 0 Å². The summed E-state index contributed by atoms with van der Waals surface area (Å²) in [6.45, 7) is 10.0. The van der Waals surface area contributed by atoms with Gasteiger partial charge in [-0.1, -0.05) is 79.1 Å². The van der Waals surface area contributed by atoms with E-state index >= 15 is 0 Å². The predicted molar refractivity (Wildman–Crippen MR) is 76.6 cm³/mol. The predicted octanol–water partition coefficient (Wildman–Crippen LogP) is 4.44. The molecule has 0 saturated carbocycles. The summed E-state index contributed by atoms with van der Waals surface area (Å²) in [4.78, 5) is 9.00. The summed E-state index contributed by atoms with van der Waals surface area (Å²) in [5.74, 6) is -0.833. The zero-order valence-electron chi connectivity index (χ0n) is 12.5. The molecule has 0 aliphatic rings. The van der Waals surface area contributed by atoms with Crippen LogP contribution in [0.25, 0.3) is 0 Å². The van der Waals surface area contributed by atoms with Crippen LogP contribution in [0.15, 0.2) is 0 Å². The Bertz CT molecular complexity index is 94.0. The number of hydrogen-bond acceptors (Lipinski definition) is 1. The first kappa shape index (κ1) is 25.3. The van der Waals surface area contributed by atoms with Crippen molar-refractivity contribution in [1.82, 2.24) is 0 Å². The fraction of sp³-hybridized carbons (Fsp3) is 0.929. The third kappa shape index (κ3) is 94.4. The first-order valence-corrected chi connectivity index (χ1v) is 6.76. The molecular weight excluding hydrogens is 216 g/mol. The highest BCUT2D eigenvalue weighted by atomic mass is 16.4. The lowest BCUT2D eigenvalue weighted by molar-refractivity contribution is -0.134. The molecule has 3 heteroatoms. The van der Waals surface area contributed by atoms with Crippen molar-refractivity contribution in [3.63, 3.8) is 0 Å². The van der Waals surface area contributed by atoms with E-state index in [2.05, 4.69) is 27.7 Å². The Kier molecular flexibility index (Phi) is 44.0. The average molecular weight is 250 g/mol. The molecule has 0 atom stereocenters. The topological polar surface area (TPSA) is 68.8 Å². The van der Waals surface area contributed by atoms with Crippen LogP contribution in [0.5, 0.6) is 0 Å². The van der Waals surface area contributed by atoms with E-state index in [0.29, 0.717) is 0 Å². The summed E-state index contributed by atoms with van der Waals surface area (Å²) in [5, 5.41) is 7.42. The van der Waals surface area contributed by atoms with Crippen LogP contribution in [0.4, 0.5) is 0 Å². The lowest BCUT2D eigenvalue weighted by Gasteiger charge is -1.86. The van der Waals surface area contributed by atoms with Gasteiger partial charge in [0, 0.05) is 6.92 Å². The normalized spacial score (nSPS) is 7.82. The Morgan fingerprint density at radius 1 is 0.765 bits per heavy atom. The maximum absolute atomic E-state index is 9.00. The van der Waals surface area contributed by atoms with Crippen molar-refractivity contribution in [3.05, 3.63) is 0 Å². The Hall–Kier alpha value is -0.570. The van der Waals surface area contributed by atoms with Gasteiger partial charge in [0.25, 0.3) is 5.97 Å². The summed E-state index contributed by atoms with van der Waals surface area (Å²) in [7, 11) is 0. The number of carbonyl (C=O) groups is 1. The van der Waals surface area contributed by atoms with E-state index in [-0.39, 0.29) is 5.48 Å². The Balaban J connectivity index is -0.0000000741. The second-order valence-corrected chi connectivity index (χ2v) is 3.93. The summed E-state index contributed by atoms with van der Waals surface area (Å²) >= 11 is 0. The molecule has 0 heterocycles. The molecule has 0 aromatic carbocycles. The highest BCUT2D eigenvalue weighted by molar-refractivity contribution is 5.62. The minimum atomic E-state index is -0.833. The molecule has 0 fully saturated rings. The van der Waals surface area contributed by atoms with Gasteiger partial charge in [0.2, 0.25) is 0 Å². The zero-order valence-corrected chi connectivity index (χ0v) is 12.5. The Morgan fingerprint density at radius 2 is 0.882 bits per heavy atom. The molecule has 0 aromatic heterocycles. The lowest BCUT2D eigenvalue weighted by Crippen LogP contribution is -1.78. The van der Waals surface area contributed by atoms with E-state index in [9.17, 15) is 0 Å². The molecule has 0 saturated heterocycles. The van der Waals surface area contributed by atoms with Gasteiger partial charge < -0.3 is 10.6 Å². The fourth-order valence-electron chi connectivity index (χ4n) is 1.000. The Morgan fingerprint density at radius 3 is 0.941 bits per heavy atom. The van der Waals surface area contributed by atoms with Gasteiger partial charge in [-0.25, -0.2) is 0 Å². The van der Waals surface area contributed by atoms with E-state index in [1.807, 2.05) is 0 Å². The number of carboxylic acids is 1.